The predicted molar refractivity (Wildman–Crippen MR) is 62.0 cm³/mol. The number of halogens is 1. The Hall–Kier alpha value is -1.29. The van der Waals surface area contributed by atoms with Gasteiger partial charge in [-0.1, -0.05) is 15.9 Å². The minimum absolute atomic E-state index is 0.504. The van der Waals surface area contributed by atoms with Gasteiger partial charge in [-0.3, -0.25) is 4.79 Å². The molecule has 1 aromatic carbocycles. The van der Waals surface area contributed by atoms with E-state index in [1.54, 1.807) is 6.92 Å². The van der Waals surface area contributed by atoms with E-state index in [1.807, 2.05) is 24.3 Å². The maximum atomic E-state index is 10.8. The molecule has 1 atom stereocenters. The highest BCUT2D eigenvalue weighted by atomic mass is 79.9. The molecule has 2 N–H and O–H groups in total. The Balaban J connectivity index is 2.51. The van der Waals surface area contributed by atoms with Gasteiger partial charge in [0.25, 0.3) is 0 Å². The van der Waals surface area contributed by atoms with E-state index in [1.165, 1.54) is 0 Å². The van der Waals surface area contributed by atoms with Crippen molar-refractivity contribution in [2.24, 2.45) is 0 Å². The van der Waals surface area contributed by atoms with Gasteiger partial charge in [-0.2, -0.15) is 0 Å². The molecule has 1 heterocycles. The summed E-state index contributed by atoms with van der Waals surface area (Å²) in [5.74, 6) is -1.32. The summed E-state index contributed by atoms with van der Waals surface area (Å²) in [5.41, 5.74) is 1.69. The van der Waals surface area contributed by atoms with E-state index in [2.05, 4.69) is 20.9 Å². The zero-order chi connectivity index (χ0) is 11.0. The average molecular weight is 268 g/mol. The van der Waals surface area contributed by atoms with Crippen molar-refractivity contribution in [1.29, 1.82) is 0 Å². The van der Waals surface area contributed by atoms with Crippen LogP contribution in [0.25, 0.3) is 10.9 Å². The van der Waals surface area contributed by atoms with E-state index >= 15 is 0 Å². The Bertz CT molecular complexity index is 518. The Labute approximate surface area is 95.2 Å². The fraction of sp³-hybridized carbons (Fsp3) is 0.182. The first kappa shape index (κ1) is 10.2. The molecule has 0 bridgehead atoms. The predicted octanol–water partition coefficient (Wildman–Crippen LogP) is 3.12. The van der Waals surface area contributed by atoms with Gasteiger partial charge in [0.2, 0.25) is 0 Å². The van der Waals surface area contributed by atoms with Gasteiger partial charge in [-0.25, -0.2) is 0 Å². The van der Waals surface area contributed by atoms with E-state index in [4.69, 9.17) is 5.11 Å². The van der Waals surface area contributed by atoms with Crippen molar-refractivity contribution in [2.45, 2.75) is 12.8 Å². The third-order valence-corrected chi connectivity index (χ3v) is 2.93. The number of carbonyl (C=O) groups is 1. The first-order valence-electron chi connectivity index (χ1n) is 4.59. The molecule has 0 saturated carbocycles. The van der Waals surface area contributed by atoms with Gasteiger partial charge in [-0.15, -0.1) is 0 Å². The minimum atomic E-state index is -0.819. The van der Waals surface area contributed by atoms with Crippen LogP contribution in [0.5, 0.6) is 0 Å². The van der Waals surface area contributed by atoms with Crippen molar-refractivity contribution < 1.29 is 9.90 Å². The van der Waals surface area contributed by atoms with Gasteiger partial charge in [0.1, 0.15) is 0 Å². The summed E-state index contributed by atoms with van der Waals surface area (Å²) in [7, 11) is 0. The topological polar surface area (TPSA) is 53.1 Å². The fourth-order valence-electron chi connectivity index (χ4n) is 1.49. The Morgan fingerprint density at radius 2 is 2.20 bits per heavy atom. The molecular formula is C11H10BrNO2. The van der Waals surface area contributed by atoms with Gasteiger partial charge in [0, 0.05) is 21.1 Å². The van der Waals surface area contributed by atoms with Crippen LogP contribution in [0, 0.1) is 0 Å². The van der Waals surface area contributed by atoms with Crippen LogP contribution >= 0.6 is 15.9 Å². The normalized spacial score (nSPS) is 12.9. The molecule has 0 saturated heterocycles. The van der Waals surface area contributed by atoms with Crippen molar-refractivity contribution in [1.82, 2.24) is 4.98 Å². The van der Waals surface area contributed by atoms with Crippen LogP contribution < -0.4 is 0 Å². The van der Waals surface area contributed by atoms with Crippen molar-refractivity contribution in [2.75, 3.05) is 0 Å². The second kappa shape index (κ2) is 3.70. The lowest BCUT2D eigenvalue weighted by Crippen LogP contribution is -2.07. The fourth-order valence-corrected chi connectivity index (χ4v) is 1.87. The number of aliphatic carboxylic acids is 1. The number of H-pyrrole nitrogens is 1. The van der Waals surface area contributed by atoms with Crippen LogP contribution in [0.15, 0.2) is 28.7 Å². The summed E-state index contributed by atoms with van der Waals surface area (Å²) in [4.78, 5) is 13.9. The number of hydrogen-bond donors (Lipinski definition) is 2. The third kappa shape index (κ3) is 1.90. The summed E-state index contributed by atoms with van der Waals surface area (Å²) in [5, 5.41) is 9.91. The molecule has 0 radical (unpaired) electrons. The molecule has 78 valence electrons. The first-order chi connectivity index (χ1) is 7.08. The smallest absolute Gasteiger partial charge is 0.312 e. The van der Waals surface area contributed by atoms with Crippen molar-refractivity contribution in [3.63, 3.8) is 0 Å². The van der Waals surface area contributed by atoms with Crippen LogP contribution in [0.1, 0.15) is 18.5 Å². The molecule has 0 aliphatic carbocycles. The van der Waals surface area contributed by atoms with Crippen molar-refractivity contribution in [3.05, 3.63) is 34.4 Å². The third-order valence-electron chi connectivity index (χ3n) is 2.44. The quantitative estimate of drug-likeness (QED) is 0.879. The van der Waals surface area contributed by atoms with E-state index in [0.717, 1.165) is 21.1 Å². The summed E-state index contributed by atoms with van der Waals surface area (Å²) in [6.45, 7) is 1.67. The number of carboxylic acids is 1. The van der Waals surface area contributed by atoms with Gasteiger partial charge in [-0.05, 0) is 31.2 Å². The second-order valence-corrected chi connectivity index (χ2v) is 4.43. The van der Waals surface area contributed by atoms with Gasteiger partial charge < -0.3 is 10.1 Å². The number of benzene rings is 1. The summed E-state index contributed by atoms with van der Waals surface area (Å²) in [6.07, 6.45) is 0. The highest BCUT2D eigenvalue weighted by Crippen LogP contribution is 2.24. The van der Waals surface area contributed by atoms with Gasteiger partial charge in [0.05, 0.1) is 5.92 Å². The second-order valence-electron chi connectivity index (χ2n) is 3.52. The number of fused-ring (bicyclic) bond motifs is 1. The summed E-state index contributed by atoms with van der Waals surface area (Å²) >= 11 is 3.38. The van der Waals surface area contributed by atoms with Crippen LogP contribution in [-0.4, -0.2) is 16.1 Å². The van der Waals surface area contributed by atoms with Crippen LogP contribution in [-0.2, 0) is 4.79 Å². The molecule has 0 aliphatic heterocycles. The lowest BCUT2D eigenvalue weighted by Gasteiger charge is -2.01. The number of nitrogens with one attached hydrogen (secondary N) is 1. The maximum absolute atomic E-state index is 10.8. The summed E-state index contributed by atoms with van der Waals surface area (Å²) in [6, 6.07) is 7.69. The van der Waals surface area contributed by atoms with E-state index in [9.17, 15) is 4.79 Å². The number of aromatic nitrogens is 1. The van der Waals surface area contributed by atoms with Crippen LogP contribution in [0.4, 0.5) is 0 Å². The zero-order valence-electron chi connectivity index (χ0n) is 8.12. The number of hydrogen-bond acceptors (Lipinski definition) is 1. The molecular weight excluding hydrogens is 258 g/mol. The molecule has 0 amide bonds. The van der Waals surface area contributed by atoms with Crippen LogP contribution in [0.2, 0.25) is 0 Å². The van der Waals surface area contributed by atoms with E-state index in [0.29, 0.717) is 0 Å². The van der Waals surface area contributed by atoms with Crippen LogP contribution in [0.3, 0.4) is 0 Å². The Morgan fingerprint density at radius 1 is 1.47 bits per heavy atom. The molecule has 3 nitrogen and oxygen atoms in total. The highest BCUT2D eigenvalue weighted by molar-refractivity contribution is 9.10. The number of aromatic amines is 1. The molecule has 0 aliphatic rings. The standard InChI is InChI=1S/C11H10BrNO2/c1-6(11(14)15)10-5-7-4-8(12)2-3-9(7)13-10/h2-6,13H,1H3,(H,14,15). The Kier molecular flexibility index (Phi) is 2.52. The van der Waals surface area contributed by atoms with Crippen molar-refractivity contribution in [3.8, 4) is 0 Å². The number of carboxylic acid groups (broad SMARTS) is 1. The average Bonchev–Trinajstić information content (AvgIpc) is 2.58. The van der Waals surface area contributed by atoms with Gasteiger partial charge in [0.15, 0.2) is 0 Å². The lowest BCUT2D eigenvalue weighted by molar-refractivity contribution is -0.138. The van der Waals surface area contributed by atoms with Gasteiger partial charge >= 0.3 is 5.97 Å². The van der Waals surface area contributed by atoms with Crippen molar-refractivity contribution >= 4 is 32.8 Å². The zero-order valence-corrected chi connectivity index (χ0v) is 9.71. The van der Waals surface area contributed by atoms with E-state index in [-0.39, 0.29) is 0 Å². The minimum Gasteiger partial charge on any atom is -0.481 e. The van der Waals surface area contributed by atoms with E-state index < -0.39 is 11.9 Å². The largest absolute Gasteiger partial charge is 0.481 e. The molecule has 0 fully saturated rings. The maximum Gasteiger partial charge on any atom is 0.312 e. The molecule has 1 unspecified atom stereocenters. The molecule has 15 heavy (non-hydrogen) atoms. The Morgan fingerprint density at radius 3 is 2.87 bits per heavy atom. The lowest BCUT2D eigenvalue weighted by atomic mass is 10.1. The summed E-state index contributed by atoms with van der Waals surface area (Å²) < 4.78 is 0.989. The SMILES string of the molecule is CC(C(=O)O)c1cc2cc(Br)ccc2[nH]1. The number of rotatable bonds is 2. The molecule has 4 heteroatoms. The molecule has 2 rings (SSSR count). The molecule has 0 spiro atoms. The molecule has 2 aromatic rings. The monoisotopic (exact) mass is 267 g/mol. The highest BCUT2D eigenvalue weighted by Gasteiger charge is 2.15. The molecule has 1 aromatic heterocycles. The first-order valence-corrected chi connectivity index (χ1v) is 5.38.